The fourth-order valence-electron chi connectivity index (χ4n) is 8.14. The molecule has 0 atom stereocenters. The first-order valence-corrected chi connectivity index (χ1v) is 20.4. The van der Waals surface area contributed by atoms with Crippen molar-refractivity contribution in [3.63, 3.8) is 0 Å². The van der Waals surface area contributed by atoms with Gasteiger partial charge in [0.15, 0.2) is 0 Å². The molecule has 5 heteroatoms. The van der Waals surface area contributed by atoms with Crippen LogP contribution in [0.25, 0.3) is 60.9 Å². The second-order valence-electron chi connectivity index (χ2n) is 15.0. The van der Waals surface area contributed by atoms with E-state index in [0.29, 0.717) is 5.56 Å². The number of ether oxygens (including phenoxy) is 1. The highest BCUT2D eigenvalue weighted by Crippen LogP contribution is 2.39. The summed E-state index contributed by atoms with van der Waals surface area (Å²) in [4.78, 5) is 2.22. The van der Waals surface area contributed by atoms with Crippen LogP contribution in [0.15, 0.2) is 231 Å². The van der Waals surface area contributed by atoms with Gasteiger partial charge in [-0.2, -0.15) is 0 Å². The van der Waals surface area contributed by atoms with Gasteiger partial charge in [0.05, 0.1) is 16.6 Å². The third-order valence-corrected chi connectivity index (χ3v) is 11.2. The molecule has 10 aromatic rings. The van der Waals surface area contributed by atoms with E-state index in [1.54, 1.807) is 0 Å². The quantitative estimate of drug-likeness (QED) is 0.113. The van der Waals surface area contributed by atoms with Crippen molar-refractivity contribution >= 4 is 50.7 Å². The minimum atomic E-state index is -0.0129. The Morgan fingerprint density at radius 2 is 0.787 bits per heavy atom. The van der Waals surface area contributed by atoms with Crippen LogP contribution in [0.5, 0.6) is 0 Å². The van der Waals surface area contributed by atoms with E-state index in [2.05, 4.69) is 167 Å². The van der Waals surface area contributed by atoms with Crippen LogP contribution in [-0.2, 0) is 4.74 Å². The summed E-state index contributed by atoms with van der Waals surface area (Å²) in [5.74, 6) is 0.178. The average molecular weight is 786 g/mol. The molecule has 1 heterocycles. The summed E-state index contributed by atoms with van der Waals surface area (Å²) < 4.78 is 8.10. The maximum Gasteiger partial charge on any atom is 0.373 e. The molecule has 0 fully saturated rings. The van der Waals surface area contributed by atoms with Crippen molar-refractivity contribution in [2.24, 2.45) is 0 Å². The van der Waals surface area contributed by atoms with E-state index in [0.717, 1.165) is 45.0 Å². The second-order valence-corrected chi connectivity index (χ2v) is 15.0. The Morgan fingerprint density at radius 1 is 0.393 bits per heavy atom. The van der Waals surface area contributed by atoms with Crippen molar-refractivity contribution in [2.75, 3.05) is 4.90 Å². The molecule has 0 aliphatic carbocycles. The Balaban J connectivity index is 0.986. The molecule has 10 rings (SSSR count). The van der Waals surface area contributed by atoms with E-state index >= 15 is 0 Å². The second kappa shape index (κ2) is 16.2. The van der Waals surface area contributed by atoms with Gasteiger partial charge in [-0.15, -0.1) is 0 Å². The molecule has 0 unspecified atom stereocenters. The van der Waals surface area contributed by atoms with Crippen LogP contribution < -0.4 is 10.3 Å². The number of nitrogens with zero attached hydrogens (tertiary/aromatic N) is 2. The Morgan fingerprint density at radius 3 is 1.33 bits per heavy atom. The number of rotatable bonds is 9. The zero-order valence-electron chi connectivity index (χ0n) is 33.3. The van der Waals surface area contributed by atoms with Gasteiger partial charge >= 0.3 is 5.90 Å². The van der Waals surface area contributed by atoms with Crippen molar-refractivity contribution in [3.8, 4) is 39.1 Å². The predicted octanol–water partition coefficient (Wildman–Crippen LogP) is 12.8. The normalized spacial score (nSPS) is 11.1. The number of fused-ring (bicyclic) bond motifs is 3. The topological polar surface area (TPSA) is 66.8 Å². The summed E-state index contributed by atoms with van der Waals surface area (Å²) in [6.07, 6.45) is 0. The third-order valence-electron chi connectivity index (χ3n) is 11.2. The van der Waals surface area contributed by atoms with E-state index in [9.17, 15) is 0 Å². The number of anilines is 3. The first-order chi connectivity index (χ1) is 30.1. The van der Waals surface area contributed by atoms with Crippen molar-refractivity contribution < 1.29 is 10.1 Å². The van der Waals surface area contributed by atoms with Gasteiger partial charge in [0.2, 0.25) is 5.90 Å². The Bertz CT molecular complexity index is 3140. The maximum atomic E-state index is 8.61. The van der Waals surface area contributed by atoms with E-state index in [4.69, 9.17) is 15.6 Å². The molecule has 290 valence electrons. The molecule has 0 spiro atoms. The summed E-state index contributed by atoms with van der Waals surface area (Å²) >= 11 is 0. The molecule has 5 nitrogen and oxygen atoms in total. The van der Waals surface area contributed by atoms with Crippen molar-refractivity contribution in [1.29, 1.82) is 5.41 Å². The average Bonchev–Trinajstić information content (AvgIpc) is 3.66. The van der Waals surface area contributed by atoms with Crippen LogP contribution in [0.4, 0.5) is 17.1 Å². The predicted molar refractivity (Wildman–Crippen MR) is 252 cm³/mol. The minimum Gasteiger partial charge on any atom is -0.386 e. The molecule has 0 aliphatic rings. The summed E-state index contributed by atoms with van der Waals surface area (Å²) in [5.41, 5.74) is 14.9. The molecule has 61 heavy (non-hydrogen) atoms. The summed E-state index contributed by atoms with van der Waals surface area (Å²) in [7, 11) is 0. The number of hydrogen-bond acceptors (Lipinski definition) is 3. The Kier molecular flexibility index (Phi) is 9.81. The molecule has 0 aliphatic heterocycles. The first-order valence-electron chi connectivity index (χ1n) is 20.4. The first kappa shape index (κ1) is 37.0. The molecule has 1 aromatic heterocycles. The van der Waals surface area contributed by atoms with Crippen molar-refractivity contribution in [2.45, 2.75) is 0 Å². The lowest BCUT2D eigenvalue weighted by atomic mass is 9.98. The summed E-state index contributed by atoms with van der Waals surface area (Å²) in [6, 6.07) is 79.9. The van der Waals surface area contributed by atoms with Crippen LogP contribution >= 0.6 is 0 Å². The molecule has 0 amide bonds. The molecule has 3 N–H and O–H groups in total. The van der Waals surface area contributed by atoms with Crippen LogP contribution in [-0.4, -0.2) is 16.4 Å². The zero-order chi connectivity index (χ0) is 41.1. The lowest BCUT2D eigenvalue weighted by Crippen LogP contribution is -2.43. The van der Waals surface area contributed by atoms with Crippen molar-refractivity contribution in [3.05, 3.63) is 242 Å². The molecule has 0 bridgehead atoms. The number of aromatic nitrogens is 1. The van der Waals surface area contributed by atoms with E-state index in [-0.39, 0.29) is 11.8 Å². The number of nitrogens with two attached hydrogens (primary N) is 1. The number of hydrogen-bond donors (Lipinski definition) is 2. The van der Waals surface area contributed by atoms with E-state index < -0.39 is 0 Å². The number of benzene rings is 9. The van der Waals surface area contributed by atoms with Crippen molar-refractivity contribution in [1.82, 2.24) is 4.57 Å². The van der Waals surface area contributed by atoms with Crippen LogP contribution in [0.3, 0.4) is 0 Å². The Labute approximate surface area is 355 Å². The maximum absolute atomic E-state index is 8.61. The smallest absolute Gasteiger partial charge is 0.373 e. The lowest BCUT2D eigenvalue weighted by molar-refractivity contribution is -0.130. The molecular weight excluding hydrogens is 745 g/mol. The van der Waals surface area contributed by atoms with Crippen LogP contribution in [0.1, 0.15) is 11.1 Å². The van der Waals surface area contributed by atoms with Gasteiger partial charge in [-0.05, 0) is 130 Å². The largest absolute Gasteiger partial charge is 0.386 e. The third kappa shape index (κ3) is 7.37. The highest BCUT2D eigenvalue weighted by Gasteiger charge is 2.18. The van der Waals surface area contributed by atoms with E-state index in [1.165, 1.54) is 38.5 Å². The fraction of sp³-hybridized carbons (Fsp3) is 0. The van der Waals surface area contributed by atoms with Gasteiger partial charge in [0.1, 0.15) is 0 Å². The van der Waals surface area contributed by atoms with Gasteiger partial charge in [0.25, 0.3) is 0 Å². The van der Waals surface area contributed by atoms with Gasteiger partial charge in [-0.1, -0.05) is 133 Å². The summed E-state index contributed by atoms with van der Waals surface area (Å²) in [6.45, 7) is 0. The molecular formula is C56H41N4O+. The van der Waals surface area contributed by atoms with Gasteiger partial charge < -0.3 is 14.2 Å². The zero-order valence-corrected chi connectivity index (χ0v) is 33.3. The van der Waals surface area contributed by atoms with E-state index in [1.807, 2.05) is 72.8 Å². The van der Waals surface area contributed by atoms with Crippen LogP contribution in [0.2, 0.25) is 0 Å². The molecule has 0 radical (unpaired) electrons. The van der Waals surface area contributed by atoms with Gasteiger partial charge in [0, 0.05) is 39.1 Å². The highest BCUT2D eigenvalue weighted by atomic mass is 16.5. The van der Waals surface area contributed by atoms with Crippen LogP contribution in [0, 0.1) is 5.41 Å². The van der Waals surface area contributed by atoms with Gasteiger partial charge in [-0.3, -0.25) is 5.41 Å². The standard InChI is InChI=1S/C56H40N4O/c57-55(43-15-7-2-8-16-43)61-56(58)44-27-33-50(34-28-44)59(47-17-9-3-10-18-47)49-31-25-42(26-32-49)46-30-36-54-52(38-46)51-37-45(29-35-53(51)60(54)48-19-11-4-12-20-48)41-23-21-40(22-24-41)39-13-5-1-6-14-39/h1-38,57-58H/p+1. The molecule has 0 saturated carbocycles. The lowest BCUT2D eigenvalue weighted by Gasteiger charge is -2.26. The SMILES string of the molecule is N=C(OC(=[NH2+])c1ccccc1)c1ccc(N(c2ccccc2)c2ccc(-c3ccc4c(c3)c3cc(-c5ccc(-c6ccccc6)cc5)ccc3n4-c3ccccc3)cc2)cc1. The number of para-hydroxylation sites is 2. The number of nitrogens with one attached hydrogen (secondary N) is 1. The minimum absolute atomic E-state index is 0.0129. The fourth-order valence-corrected chi connectivity index (χ4v) is 8.14. The Hall–Kier alpha value is -8.28. The highest BCUT2D eigenvalue weighted by molar-refractivity contribution is 6.11. The van der Waals surface area contributed by atoms with Gasteiger partial charge in [-0.25, -0.2) is 5.41 Å². The molecule has 0 saturated heterocycles. The summed E-state index contributed by atoms with van der Waals surface area (Å²) in [5, 5.41) is 17.2. The monoisotopic (exact) mass is 785 g/mol. The molecule has 9 aromatic carbocycles.